The average Bonchev–Trinajstić information content (AvgIpc) is 2.51. The summed E-state index contributed by atoms with van der Waals surface area (Å²) in [4.78, 5) is 22.7. The predicted octanol–water partition coefficient (Wildman–Crippen LogP) is 2.25. The summed E-state index contributed by atoms with van der Waals surface area (Å²) in [6, 6.07) is 0. The topological polar surface area (TPSA) is 54.4 Å². The van der Waals surface area contributed by atoms with Crippen LogP contribution in [0.15, 0.2) is 0 Å². The van der Waals surface area contributed by atoms with Gasteiger partial charge in [0.25, 0.3) is 0 Å². The van der Waals surface area contributed by atoms with Crippen LogP contribution in [-0.2, 0) is 9.59 Å². The number of carbonyl (C=O) groups is 2. The summed E-state index contributed by atoms with van der Waals surface area (Å²) in [5.41, 5.74) is -0.542. The van der Waals surface area contributed by atoms with Crippen molar-refractivity contribution in [2.45, 2.75) is 46.0 Å². The Bertz CT molecular complexity index is 237. The SMILES string of the molecule is CC(C)C(=O)C1(CC(=O)O)CCCC1. The van der Waals surface area contributed by atoms with E-state index in [1.54, 1.807) is 0 Å². The van der Waals surface area contributed by atoms with Gasteiger partial charge < -0.3 is 5.11 Å². The molecule has 3 heteroatoms. The molecule has 0 aromatic heterocycles. The van der Waals surface area contributed by atoms with E-state index in [9.17, 15) is 9.59 Å². The largest absolute Gasteiger partial charge is 0.481 e. The average molecular weight is 198 g/mol. The number of Topliss-reactive ketones (excluding diaryl/α,β-unsaturated/α-hetero) is 1. The fourth-order valence-corrected chi connectivity index (χ4v) is 2.46. The van der Waals surface area contributed by atoms with E-state index in [2.05, 4.69) is 0 Å². The highest BCUT2D eigenvalue weighted by Gasteiger charge is 2.43. The van der Waals surface area contributed by atoms with Gasteiger partial charge in [0.1, 0.15) is 5.78 Å². The summed E-state index contributed by atoms with van der Waals surface area (Å²) in [5.74, 6) is -0.759. The predicted molar refractivity (Wildman–Crippen MR) is 53.0 cm³/mol. The molecule has 0 amide bonds. The zero-order valence-corrected chi connectivity index (χ0v) is 8.88. The van der Waals surface area contributed by atoms with Gasteiger partial charge >= 0.3 is 5.97 Å². The van der Waals surface area contributed by atoms with E-state index in [1.165, 1.54) is 0 Å². The Morgan fingerprint density at radius 2 is 1.79 bits per heavy atom. The molecule has 0 bridgehead atoms. The molecule has 1 saturated carbocycles. The Morgan fingerprint density at radius 3 is 2.14 bits per heavy atom. The molecule has 1 fully saturated rings. The van der Waals surface area contributed by atoms with Crippen molar-refractivity contribution in [2.24, 2.45) is 11.3 Å². The number of aliphatic carboxylic acids is 1. The number of carboxylic acid groups (broad SMARTS) is 1. The number of hydrogen-bond donors (Lipinski definition) is 1. The maximum absolute atomic E-state index is 11.9. The van der Waals surface area contributed by atoms with Crippen LogP contribution < -0.4 is 0 Å². The molecule has 3 nitrogen and oxygen atoms in total. The number of carbonyl (C=O) groups excluding carboxylic acids is 1. The van der Waals surface area contributed by atoms with Crippen LogP contribution in [0.4, 0.5) is 0 Å². The van der Waals surface area contributed by atoms with Crippen LogP contribution in [-0.4, -0.2) is 16.9 Å². The second kappa shape index (κ2) is 4.11. The quantitative estimate of drug-likeness (QED) is 0.753. The molecule has 1 rings (SSSR count). The van der Waals surface area contributed by atoms with Gasteiger partial charge in [-0.25, -0.2) is 0 Å². The summed E-state index contributed by atoms with van der Waals surface area (Å²) in [6.45, 7) is 3.70. The van der Waals surface area contributed by atoms with Crippen molar-refractivity contribution < 1.29 is 14.7 Å². The first-order chi connectivity index (χ1) is 6.48. The third-order valence-electron chi connectivity index (χ3n) is 3.10. The van der Waals surface area contributed by atoms with Gasteiger partial charge in [-0.1, -0.05) is 26.7 Å². The van der Waals surface area contributed by atoms with Crippen molar-refractivity contribution in [1.29, 1.82) is 0 Å². The molecule has 14 heavy (non-hydrogen) atoms. The number of ketones is 1. The molecule has 0 spiro atoms. The highest BCUT2D eigenvalue weighted by molar-refractivity contribution is 5.90. The minimum atomic E-state index is -0.846. The molecule has 80 valence electrons. The first-order valence-corrected chi connectivity index (χ1v) is 5.24. The van der Waals surface area contributed by atoms with Crippen LogP contribution in [0.25, 0.3) is 0 Å². The highest BCUT2D eigenvalue weighted by Crippen LogP contribution is 2.43. The van der Waals surface area contributed by atoms with Crippen molar-refractivity contribution in [3.8, 4) is 0 Å². The molecule has 0 radical (unpaired) electrons. The van der Waals surface area contributed by atoms with Crippen LogP contribution in [0, 0.1) is 11.3 Å². The molecule has 1 aliphatic carbocycles. The van der Waals surface area contributed by atoms with Gasteiger partial charge in [0.15, 0.2) is 0 Å². The molecule has 1 N–H and O–H groups in total. The Balaban J connectivity index is 2.81. The Hall–Kier alpha value is -0.860. The lowest BCUT2D eigenvalue weighted by Gasteiger charge is -2.27. The van der Waals surface area contributed by atoms with Gasteiger partial charge in [0, 0.05) is 11.3 Å². The smallest absolute Gasteiger partial charge is 0.304 e. The molecule has 0 unspecified atom stereocenters. The minimum absolute atomic E-state index is 0.0179. The van der Waals surface area contributed by atoms with Crippen LogP contribution in [0.5, 0.6) is 0 Å². The van der Waals surface area contributed by atoms with E-state index in [1.807, 2.05) is 13.8 Å². The summed E-state index contributed by atoms with van der Waals surface area (Å²) in [6.07, 6.45) is 3.52. The third-order valence-corrected chi connectivity index (χ3v) is 3.10. The van der Waals surface area contributed by atoms with E-state index in [0.29, 0.717) is 0 Å². The number of rotatable bonds is 4. The van der Waals surface area contributed by atoms with E-state index in [-0.39, 0.29) is 18.1 Å². The van der Waals surface area contributed by atoms with Gasteiger partial charge in [-0.15, -0.1) is 0 Å². The Morgan fingerprint density at radius 1 is 1.29 bits per heavy atom. The van der Waals surface area contributed by atoms with Gasteiger partial charge in [-0.3, -0.25) is 9.59 Å². The van der Waals surface area contributed by atoms with Crippen molar-refractivity contribution in [3.05, 3.63) is 0 Å². The van der Waals surface area contributed by atoms with Gasteiger partial charge in [-0.05, 0) is 12.8 Å². The summed E-state index contributed by atoms with van der Waals surface area (Å²) >= 11 is 0. The zero-order valence-electron chi connectivity index (χ0n) is 8.88. The number of carboxylic acids is 1. The maximum Gasteiger partial charge on any atom is 0.304 e. The first kappa shape index (κ1) is 11.2. The molecule has 0 aliphatic heterocycles. The van der Waals surface area contributed by atoms with Gasteiger partial charge in [0.2, 0.25) is 0 Å². The molecule has 0 aromatic rings. The highest BCUT2D eigenvalue weighted by atomic mass is 16.4. The van der Waals surface area contributed by atoms with Crippen LogP contribution in [0.1, 0.15) is 46.0 Å². The minimum Gasteiger partial charge on any atom is -0.481 e. The lowest BCUT2D eigenvalue weighted by Crippen LogP contribution is -2.34. The second-order valence-corrected chi connectivity index (χ2v) is 4.58. The monoisotopic (exact) mass is 198 g/mol. The lowest BCUT2D eigenvalue weighted by molar-refractivity contribution is -0.145. The normalized spacial score (nSPS) is 19.9. The van der Waals surface area contributed by atoms with Gasteiger partial charge in [-0.2, -0.15) is 0 Å². The molecular formula is C11H18O3. The molecule has 0 heterocycles. The third kappa shape index (κ3) is 2.14. The van der Waals surface area contributed by atoms with Crippen LogP contribution in [0.3, 0.4) is 0 Å². The first-order valence-electron chi connectivity index (χ1n) is 5.24. The maximum atomic E-state index is 11.9. The van der Waals surface area contributed by atoms with E-state index in [0.717, 1.165) is 25.7 Å². The van der Waals surface area contributed by atoms with E-state index < -0.39 is 11.4 Å². The molecular weight excluding hydrogens is 180 g/mol. The van der Waals surface area contributed by atoms with Crippen LogP contribution in [0.2, 0.25) is 0 Å². The number of hydrogen-bond acceptors (Lipinski definition) is 2. The van der Waals surface area contributed by atoms with E-state index >= 15 is 0 Å². The fraction of sp³-hybridized carbons (Fsp3) is 0.818. The van der Waals surface area contributed by atoms with Gasteiger partial charge in [0.05, 0.1) is 6.42 Å². The summed E-state index contributed by atoms with van der Waals surface area (Å²) in [5, 5.41) is 8.82. The van der Waals surface area contributed by atoms with Crippen LogP contribution >= 0.6 is 0 Å². The fourth-order valence-electron chi connectivity index (χ4n) is 2.46. The molecule has 0 atom stereocenters. The van der Waals surface area contributed by atoms with Crippen molar-refractivity contribution in [1.82, 2.24) is 0 Å². The molecule has 1 aliphatic rings. The van der Waals surface area contributed by atoms with E-state index in [4.69, 9.17) is 5.11 Å². The summed E-state index contributed by atoms with van der Waals surface area (Å²) in [7, 11) is 0. The molecule has 0 saturated heterocycles. The van der Waals surface area contributed by atoms with Crippen molar-refractivity contribution in [2.75, 3.05) is 0 Å². The van der Waals surface area contributed by atoms with Crippen molar-refractivity contribution in [3.63, 3.8) is 0 Å². The standard InChI is InChI=1S/C11H18O3/c1-8(2)10(14)11(7-9(12)13)5-3-4-6-11/h8H,3-7H2,1-2H3,(H,12,13). The summed E-state index contributed by atoms with van der Waals surface area (Å²) < 4.78 is 0. The second-order valence-electron chi connectivity index (χ2n) is 4.58. The van der Waals surface area contributed by atoms with Crippen molar-refractivity contribution >= 4 is 11.8 Å². The zero-order chi connectivity index (χ0) is 10.8. The Labute approximate surface area is 84.5 Å². The lowest BCUT2D eigenvalue weighted by atomic mass is 9.75. The molecule has 0 aromatic carbocycles. The Kier molecular flexibility index (Phi) is 3.29.